The van der Waals surface area contributed by atoms with Crippen LogP contribution in [0.15, 0.2) is 0 Å². The minimum absolute atomic E-state index is 0.0273. The number of carbonyl (C=O) groups is 2. The van der Waals surface area contributed by atoms with Gasteiger partial charge in [0, 0.05) is 25.0 Å². The van der Waals surface area contributed by atoms with E-state index in [9.17, 15) is 14.7 Å². The Morgan fingerprint density at radius 2 is 1.74 bits per heavy atom. The molecule has 1 N–H and O–H groups in total. The summed E-state index contributed by atoms with van der Waals surface area (Å²) in [7, 11) is 0. The molecule has 6 nitrogen and oxygen atoms in total. The average molecular weight is 326 g/mol. The van der Waals surface area contributed by atoms with Gasteiger partial charge in [0.25, 0.3) is 0 Å². The van der Waals surface area contributed by atoms with Crippen LogP contribution in [0.5, 0.6) is 0 Å². The number of rotatable bonds is 3. The molecule has 2 aliphatic rings. The summed E-state index contributed by atoms with van der Waals surface area (Å²) in [5, 5.41) is 9.48. The highest BCUT2D eigenvalue weighted by atomic mass is 16.6. The SMILES string of the molecule is CC(C)C(C(=O)O)N1CC[C@]2(CCN(C(=O)OC(C)(C)C)C2)C1. The Bertz CT molecular complexity index is 472. The summed E-state index contributed by atoms with van der Waals surface area (Å²) in [4.78, 5) is 27.6. The summed E-state index contributed by atoms with van der Waals surface area (Å²) in [6.45, 7) is 12.4. The van der Waals surface area contributed by atoms with Gasteiger partial charge in [-0.15, -0.1) is 0 Å². The fraction of sp³-hybridized carbons (Fsp3) is 0.882. The largest absolute Gasteiger partial charge is 0.480 e. The zero-order valence-electron chi connectivity index (χ0n) is 15.0. The van der Waals surface area contributed by atoms with Crippen molar-refractivity contribution in [2.75, 3.05) is 26.2 Å². The van der Waals surface area contributed by atoms with E-state index in [0.717, 1.165) is 25.9 Å². The number of nitrogens with zero attached hydrogens (tertiary/aromatic N) is 2. The lowest BCUT2D eigenvalue weighted by Gasteiger charge is -2.30. The number of carbonyl (C=O) groups excluding carboxylic acids is 1. The molecule has 1 unspecified atom stereocenters. The van der Waals surface area contributed by atoms with Crippen LogP contribution in [0.25, 0.3) is 0 Å². The van der Waals surface area contributed by atoms with Crippen LogP contribution in [0.4, 0.5) is 4.79 Å². The number of aliphatic carboxylic acids is 1. The Hall–Kier alpha value is -1.30. The van der Waals surface area contributed by atoms with E-state index in [1.807, 2.05) is 34.6 Å². The molecule has 2 rings (SSSR count). The molecule has 0 aromatic heterocycles. The van der Waals surface area contributed by atoms with Gasteiger partial charge in [-0.05, 0) is 46.1 Å². The molecule has 2 aliphatic heterocycles. The number of ether oxygens (including phenoxy) is 1. The summed E-state index contributed by atoms with van der Waals surface area (Å²) in [6.07, 6.45) is 1.61. The zero-order valence-corrected chi connectivity index (χ0v) is 15.0. The van der Waals surface area contributed by atoms with Crippen molar-refractivity contribution in [1.82, 2.24) is 9.80 Å². The Balaban J connectivity index is 1.98. The summed E-state index contributed by atoms with van der Waals surface area (Å²) < 4.78 is 5.45. The van der Waals surface area contributed by atoms with E-state index in [4.69, 9.17) is 4.74 Å². The summed E-state index contributed by atoms with van der Waals surface area (Å²) >= 11 is 0. The summed E-state index contributed by atoms with van der Waals surface area (Å²) in [5.74, 6) is -0.676. The maximum atomic E-state index is 12.2. The van der Waals surface area contributed by atoms with Crippen LogP contribution in [-0.4, -0.2) is 64.8 Å². The molecule has 0 bridgehead atoms. The quantitative estimate of drug-likeness (QED) is 0.862. The van der Waals surface area contributed by atoms with E-state index >= 15 is 0 Å². The van der Waals surface area contributed by atoms with E-state index in [0.29, 0.717) is 13.1 Å². The molecule has 2 heterocycles. The third-order valence-corrected chi connectivity index (χ3v) is 4.84. The first-order valence-corrected chi connectivity index (χ1v) is 8.48. The van der Waals surface area contributed by atoms with Crippen molar-refractivity contribution >= 4 is 12.1 Å². The standard InChI is InChI=1S/C17H30N2O4/c1-12(2)13(14(20)21)18-8-6-17(10-18)7-9-19(11-17)15(22)23-16(3,4)5/h12-13H,6-11H2,1-5H3,(H,20,21)/t13?,17-/m0/s1. The van der Waals surface area contributed by atoms with Crippen LogP contribution in [0.3, 0.4) is 0 Å². The van der Waals surface area contributed by atoms with Crippen molar-refractivity contribution in [3.63, 3.8) is 0 Å². The second-order valence-electron chi connectivity index (χ2n) is 8.40. The third-order valence-electron chi connectivity index (χ3n) is 4.84. The van der Waals surface area contributed by atoms with Crippen molar-refractivity contribution in [3.05, 3.63) is 0 Å². The van der Waals surface area contributed by atoms with E-state index in [1.165, 1.54) is 0 Å². The second kappa shape index (κ2) is 6.30. The molecule has 0 aromatic rings. The first kappa shape index (κ1) is 18.0. The minimum atomic E-state index is -0.751. The topological polar surface area (TPSA) is 70.1 Å². The van der Waals surface area contributed by atoms with E-state index in [2.05, 4.69) is 4.90 Å². The van der Waals surface area contributed by atoms with Crippen LogP contribution in [0.1, 0.15) is 47.5 Å². The number of amides is 1. The van der Waals surface area contributed by atoms with Crippen molar-refractivity contribution in [1.29, 1.82) is 0 Å². The Labute approximate surface area is 138 Å². The molecule has 6 heteroatoms. The molecule has 2 atom stereocenters. The smallest absolute Gasteiger partial charge is 0.410 e. The molecule has 2 saturated heterocycles. The molecule has 23 heavy (non-hydrogen) atoms. The first-order chi connectivity index (χ1) is 10.5. The molecule has 0 aromatic carbocycles. The number of carboxylic acids is 1. The zero-order chi connectivity index (χ0) is 17.4. The van der Waals surface area contributed by atoms with E-state index in [1.54, 1.807) is 4.90 Å². The molecular weight excluding hydrogens is 296 g/mol. The van der Waals surface area contributed by atoms with Gasteiger partial charge in [-0.25, -0.2) is 4.79 Å². The number of hydrogen-bond donors (Lipinski definition) is 1. The highest BCUT2D eigenvalue weighted by Gasteiger charge is 2.48. The van der Waals surface area contributed by atoms with E-state index in [-0.39, 0.29) is 17.4 Å². The molecule has 0 aliphatic carbocycles. The van der Waals surface area contributed by atoms with Crippen LogP contribution in [0, 0.1) is 11.3 Å². The monoisotopic (exact) mass is 326 g/mol. The molecule has 0 radical (unpaired) electrons. The lowest BCUT2D eigenvalue weighted by Crippen LogP contribution is -2.45. The number of hydrogen-bond acceptors (Lipinski definition) is 4. The van der Waals surface area contributed by atoms with Gasteiger partial charge < -0.3 is 14.7 Å². The highest BCUT2D eigenvalue weighted by molar-refractivity contribution is 5.74. The predicted octanol–water partition coefficient (Wildman–Crippen LogP) is 2.43. The van der Waals surface area contributed by atoms with Crippen molar-refractivity contribution < 1.29 is 19.4 Å². The molecule has 0 saturated carbocycles. The molecule has 2 fully saturated rings. The number of likely N-dealkylation sites (tertiary alicyclic amines) is 2. The van der Waals surface area contributed by atoms with Gasteiger partial charge in [0.2, 0.25) is 0 Å². The number of carboxylic acid groups (broad SMARTS) is 1. The third kappa shape index (κ3) is 4.16. The van der Waals surface area contributed by atoms with Gasteiger partial charge in [0.05, 0.1) is 0 Å². The molecule has 132 valence electrons. The first-order valence-electron chi connectivity index (χ1n) is 8.48. The van der Waals surface area contributed by atoms with Gasteiger partial charge >= 0.3 is 12.1 Å². The van der Waals surface area contributed by atoms with Crippen LogP contribution < -0.4 is 0 Å². The Kier molecular flexibility index (Phi) is 4.95. The normalized spacial score (nSPS) is 27.0. The lowest BCUT2D eigenvalue weighted by atomic mass is 9.86. The maximum Gasteiger partial charge on any atom is 0.410 e. The predicted molar refractivity (Wildman–Crippen MR) is 87.3 cm³/mol. The fourth-order valence-electron chi connectivity index (χ4n) is 3.82. The van der Waals surface area contributed by atoms with Gasteiger partial charge in [0.1, 0.15) is 11.6 Å². The lowest BCUT2D eigenvalue weighted by molar-refractivity contribution is -0.144. The van der Waals surface area contributed by atoms with Gasteiger partial charge in [0.15, 0.2) is 0 Å². The van der Waals surface area contributed by atoms with Gasteiger partial charge in [-0.1, -0.05) is 13.8 Å². The van der Waals surface area contributed by atoms with Gasteiger partial charge in [-0.3, -0.25) is 9.69 Å². The van der Waals surface area contributed by atoms with Crippen LogP contribution in [-0.2, 0) is 9.53 Å². The van der Waals surface area contributed by atoms with Crippen molar-refractivity contribution in [3.8, 4) is 0 Å². The highest BCUT2D eigenvalue weighted by Crippen LogP contribution is 2.41. The Morgan fingerprint density at radius 3 is 2.26 bits per heavy atom. The van der Waals surface area contributed by atoms with Crippen molar-refractivity contribution in [2.45, 2.75) is 59.1 Å². The molecular formula is C17H30N2O4. The Morgan fingerprint density at radius 1 is 1.13 bits per heavy atom. The molecule has 1 amide bonds. The van der Waals surface area contributed by atoms with E-state index < -0.39 is 17.6 Å². The summed E-state index contributed by atoms with van der Waals surface area (Å²) in [5.41, 5.74) is -0.458. The van der Waals surface area contributed by atoms with Crippen LogP contribution >= 0.6 is 0 Å². The second-order valence-corrected chi connectivity index (χ2v) is 8.40. The summed E-state index contributed by atoms with van der Waals surface area (Å²) in [6, 6.07) is -0.440. The average Bonchev–Trinajstić information content (AvgIpc) is 2.95. The van der Waals surface area contributed by atoms with Crippen LogP contribution in [0.2, 0.25) is 0 Å². The minimum Gasteiger partial charge on any atom is -0.480 e. The molecule has 1 spiro atoms. The van der Waals surface area contributed by atoms with Crippen molar-refractivity contribution in [2.24, 2.45) is 11.3 Å². The maximum absolute atomic E-state index is 12.2. The fourth-order valence-corrected chi connectivity index (χ4v) is 3.82. The van der Waals surface area contributed by atoms with Gasteiger partial charge in [-0.2, -0.15) is 0 Å².